The predicted molar refractivity (Wildman–Crippen MR) is 359 cm³/mol. The highest BCUT2D eigenvalue weighted by molar-refractivity contribution is 6.76. The summed E-state index contributed by atoms with van der Waals surface area (Å²) >= 11 is 19.0. The van der Waals surface area contributed by atoms with Gasteiger partial charge in [-0.1, -0.05) is 144 Å². The minimum absolute atomic E-state index is 0.00847. The molecule has 105 heavy (non-hydrogen) atoms. The first kappa shape index (κ1) is 77.7. The van der Waals surface area contributed by atoms with Gasteiger partial charge in [0.05, 0.1) is 40.0 Å². The molecule has 1 N–H and O–H groups in total. The highest BCUT2D eigenvalue weighted by Crippen LogP contribution is 2.41. The van der Waals surface area contributed by atoms with Gasteiger partial charge in [0, 0.05) is 27.7 Å². The maximum atomic E-state index is 14.6. The third kappa shape index (κ3) is 20.7. The fraction of sp³-hybridized carbons (Fsp3) is 0.356. The summed E-state index contributed by atoms with van der Waals surface area (Å²) < 4.78 is 108. The SMILES string of the molecule is CC(=O)OC[C@H]1O[C@H](OC[C@H]2O[C@H](OC(=N)C(Cl)(Cl)Cl)[C@@H](O[C@H]3O[C@H](COC(=O)c4ccccc4)[C@@H](OC(=O)c4ccccc4)[C@@H]3OC(=O)c3ccccc3)[C@@H]2O[C@H]2O[C@H](COC(=O)c3ccccc3)[C@@H](OC(=O)c3ccccc3)[C@@H]2OC(=O)c2ccccc2)[C@@H](OC(C)=O)[C@@H](OC(C)=O)[C@@H]1OC(C)=O. The van der Waals surface area contributed by atoms with Gasteiger partial charge in [-0.25, -0.2) is 28.8 Å². The molecule has 0 aliphatic carbocycles. The van der Waals surface area contributed by atoms with Crippen LogP contribution in [0, 0.1) is 5.41 Å². The molecule has 4 fully saturated rings. The number of ether oxygens (including phenoxy) is 18. The molecule has 4 aliphatic rings. The molecule has 0 radical (unpaired) electrons. The molecular weight excluding hydrogens is 1450 g/mol. The van der Waals surface area contributed by atoms with E-state index in [2.05, 4.69) is 0 Å². The lowest BCUT2D eigenvalue weighted by atomic mass is 9.98. The molecule has 10 rings (SSSR count). The molecular formula is C73H68Cl3NO28. The second-order valence-electron chi connectivity index (χ2n) is 23.5. The van der Waals surface area contributed by atoms with Gasteiger partial charge in [-0.15, -0.1) is 0 Å². The third-order valence-electron chi connectivity index (χ3n) is 16.0. The molecule has 17 atom stereocenters. The van der Waals surface area contributed by atoms with Crippen LogP contribution in [0.3, 0.4) is 0 Å². The number of carbonyl (C=O) groups excluding carboxylic acids is 10. The quantitative estimate of drug-likeness (QED) is 0.0168. The highest BCUT2D eigenvalue weighted by Gasteiger charge is 2.61. The fourth-order valence-corrected chi connectivity index (χ4v) is 11.5. The van der Waals surface area contributed by atoms with E-state index in [0.29, 0.717) is 0 Å². The molecule has 0 amide bonds. The highest BCUT2D eigenvalue weighted by atomic mass is 35.6. The van der Waals surface area contributed by atoms with Gasteiger partial charge < -0.3 is 85.3 Å². The normalized spacial score (nSPS) is 26.1. The van der Waals surface area contributed by atoms with Crippen LogP contribution in [0.1, 0.15) is 89.8 Å². The average Bonchev–Trinajstić information content (AvgIpc) is 1.76. The van der Waals surface area contributed by atoms with E-state index in [1.807, 2.05) is 0 Å². The number of halogens is 3. The van der Waals surface area contributed by atoms with E-state index in [9.17, 15) is 47.9 Å². The molecule has 0 bridgehead atoms. The predicted octanol–water partition coefficient (Wildman–Crippen LogP) is 8.01. The van der Waals surface area contributed by atoms with Crippen molar-refractivity contribution in [2.24, 2.45) is 0 Å². The van der Waals surface area contributed by atoms with Crippen molar-refractivity contribution in [3.63, 3.8) is 0 Å². The first-order valence-electron chi connectivity index (χ1n) is 32.4. The monoisotopic (exact) mass is 1510 g/mol. The van der Waals surface area contributed by atoms with Gasteiger partial charge in [0.25, 0.3) is 3.79 Å². The van der Waals surface area contributed by atoms with Crippen LogP contribution in [0.15, 0.2) is 182 Å². The molecule has 0 aromatic heterocycles. The van der Waals surface area contributed by atoms with E-state index in [0.717, 1.165) is 27.7 Å². The zero-order chi connectivity index (χ0) is 74.9. The zero-order valence-corrected chi connectivity index (χ0v) is 58.3. The molecule has 6 aromatic rings. The van der Waals surface area contributed by atoms with Crippen molar-refractivity contribution >= 4 is 100 Å². The first-order valence-corrected chi connectivity index (χ1v) is 33.5. The van der Waals surface area contributed by atoms with E-state index in [1.54, 1.807) is 84.9 Å². The van der Waals surface area contributed by atoms with Gasteiger partial charge in [0.1, 0.15) is 50.3 Å². The van der Waals surface area contributed by atoms with Crippen LogP contribution in [0.25, 0.3) is 0 Å². The lowest BCUT2D eigenvalue weighted by molar-refractivity contribution is -0.314. The topological polar surface area (TPSA) is 361 Å². The lowest BCUT2D eigenvalue weighted by Crippen LogP contribution is -2.63. The number of rotatable bonds is 27. The number of benzene rings is 6. The zero-order valence-electron chi connectivity index (χ0n) is 56.0. The number of hydrogen-bond donors (Lipinski definition) is 1. The second kappa shape index (κ2) is 36.2. The largest absolute Gasteiger partial charge is 0.463 e. The second-order valence-corrected chi connectivity index (χ2v) is 25.8. The van der Waals surface area contributed by atoms with Crippen molar-refractivity contribution in [3.05, 3.63) is 215 Å². The van der Waals surface area contributed by atoms with Gasteiger partial charge in [0.2, 0.25) is 12.2 Å². The Morgan fingerprint density at radius 1 is 0.305 bits per heavy atom. The summed E-state index contributed by atoms with van der Waals surface area (Å²) in [5.74, 6) is -10.9. The number of nitrogens with one attached hydrogen (secondary N) is 1. The minimum atomic E-state index is -2.72. The van der Waals surface area contributed by atoms with Crippen LogP contribution in [-0.4, -0.2) is 200 Å². The van der Waals surface area contributed by atoms with Crippen LogP contribution in [0.2, 0.25) is 0 Å². The van der Waals surface area contributed by atoms with Crippen LogP contribution in [0.4, 0.5) is 0 Å². The van der Waals surface area contributed by atoms with E-state index >= 15 is 0 Å². The van der Waals surface area contributed by atoms with Crippen LogP contribution >= 0.6 is 34.8 Å². The Labute approximate surface area is 613 Å². The molecule has 554 valence electrons. The number of hydrogen-bond acceptors (Lipinski definition) is 29. The van der Waals surface area contributed by atoms with Crippen LogP contribution in [0.5, 0.6) is 0 Å². The molecule has 0 spiro atoms. The van der Waals surface area contributed by atoms with Crippen molar-refractivity contribution in [1.82, 2.24) is 0 Å². The molecule has 6 aromatic carbocycles. The van der Waals surface area contributed by atoms with E-state index in [-0.39, 0.29) is 33.4 Å². The van der Waals surface area contributed by atoms with Crippen molar-refractivity contribution in [3.8, 4) is 0 Å². The fourth-order valence-electron chi connectivity index (χ4n) is 11.3. The maximum absolute atomic E-state index is 14.6. The summed E-state index contributed by atoms with van der Waals surface area (Å²) in [5.41, 5.74) is 0.0449. The third-order valence-corrected chi connectivity index (χ3v) is 16.6. The Morgan fingerprint density at radius 2 is 0.581 bits per heavy atom. The molecule has 32 heteroatoms. The van der Waals surface area contributed by atoms with E-state index in [4.69, 9.17) is 125 Å². The lowest BCUT2D eigenvalue weighted by Gasteiger charge is -2.44. The Hall–Kier alpha value is -9.92. The van der Waals surface area contributed by atoms with Crippen molar-refractivity contribution in [1.29, 1.82) is 5.41 Å². The maximum Gasteiger partial charge on any atom is 0.338 e. The van der Waals surface area contributed by atoms with Gasteiger partial charge in [0.15, 0.2) is 67.7 Å². The molecule has 4 saturated heterocycles. The van der Waals surface area contributed by atoms with Crippen LogP contribution < -0.4 is 0 Å². The smallest absolute Gasteiger partial charge is 0.338 e. The van der Waals surface area contributed by atoms with Gasteiger partial charge >= 0.3 is 59.7 Å². The van der Waals surface area contributed by atoms with Gasteiger partial charge in [-0.3, -0.25) is 24.6 Å². The van der Waals surface area contributed by atoms with Gasteiger partial charge in [-0.2, -0.15) is 0 Å². The van der Waals surface area contributed by atoms with Crippen LogP contribution in [-0.2, 0) is 104 Å². The first-order chi connectivity index (χ1) is 50.4. The molecule has 0 saturated carbocycles. The number of carbonyl (C=O) groups is 10. The number of esters is 10. The molecule has 29 nitrogen and oxygen atoms in total. The molecule has 0 unspecified atom stereocenters. The summed E-state index contributed by atoms with van der Waals surface area (Å²) in [5, 5.41) is 8.98. The van der Waals surface area contributed by atoms with E-state index < -0.39 is 200 Å². The Bertz CT molecular complexity index is 4010. The Balaban J connectivity index is 1.12. The summed E-state index contributed by atoms with van der Waals surface area (Å²) in [6.45, 7) is 0.848. The standard InChI is InChI=1S/C73H68Cl3NO28/c1-39(78)88-35-49-53(92-40(2)79)57(93-41(3)80)61(94-42(4)81)68(95-49)91-38-52-56(103-69-58(101-66(86)47-31-19-9-20-32-47)54(99-64(84)45-27-15-7-16-28-45)50(96-69)36-89-62(82)43-23-11-5-12-24-43)60(71(98-52)105-72(77)73(74,75)76)104-70-59(102-67(87)48-33-21-10-22-34-48)55(100-65(85)46-29-17-8-18-30-46)51(97-70)37-90-63(83)44-25-13-6-14-26-44/h5-34,49-61,68-71,77H,35-38H2,1-4H3/t49-,50-,51-,52-,53-,54-,55-,56-,57+,58+,59+,60+,61+,68+,69-,70-,71-/m1/s1. The number of alkyl halides is 3. The summed E-state index contributed by atoms with van der Waals surface area (Å²) in [6.07, 6.45) is -32.0. The van der Waals surface area contributed by atoms with E-state index in [1.165, 1.54) is 97.1 Å². The van der Waals surface area contributed by atoms with Crippen molar-refractivity contribution in [2.75, 3.05) is 26.4 Å². The summed E-state index contributed by atoms with van der Waals surface area (Å²) in [7, 11) is 0. The van der Waals surface area contributed by atoms with Gasteiger partial charge in [-0.05, 0) is 72.8 Å². The summed E-state index contributed by atoms with van der Waals surface area (Å²) in [6, 6.07) is 45.5. The minimum Gasteiger partial charge on any atom is -0.463 e. The Morgan fingerprint density at radius 3 is 0.933 bits per heavy atom. The van der Waals surface area contributed by atoms with Crippen molar-refractivity contribution in [2.45, 2.75) is 136 Å². The van der Waals surface area contributed by atoms with Crippen molar-refractivity contribution < 1.29 is 133 Å². The average molecular weight is 1510 g/mol. The Kier molecular flexibility index (Phi) is 26.8. The molecule has 4 aliphatic heterocycles. The molecule has 4 heterocycles. The summed E-state index contributed by atoms with van der Waals surface area (Å²) in [4.78, 5) is 137.